The van der Waals surface area contributed by atoms with Crippen molar-refractivity contribution >= 4 is 20.0 Å². The molecular weight excluding hydrogens is 362 g/mol. The molecule has 2 aromatic carbocycles. The second-order valence-corrected chi connectivity index (χ2v) is 8.62. The SMILES string of the molecule is CN(Cc1ccc(F)cc1F)S(=O)(=O)c1ccc(S(N)(=O)=O)cc1. The number of primary sulfonamides is 1. The van der Waals surface area contributed by atoms with Crippen molar-refractivity contribution in [3.05, 3.63) is 59.7 Å². The summed E-state index contributed by atoms with van der Waals surface area (Å²) in [6.45, 7) is -0.314. The van der Waals surface area contributed by atoms with Crippen LogP contribution in [0.1, 0.15) is 5.56 Å². The van der Waals surface area contributed by atoms with E-state index in [0.29, 0.717) is 6.07 Å². The van der Waals surface area contributed by atoms with Crippen LogP contribution in [0.4, 0.5) is 8.78 Å². The van der Waals surface area contributed by atoms with E-state index in [1.807, 2.05) is 0 Å². The Labute approximate surface area is 138 Å². The summed E-state index contributed by atoms with van der Waals surface area (Å²) in [5, 5.41) is 4.95. The molecule has 0 bridgehead atoms. The normalized spacial score (nSPS) is 12.5. The molecule has 0 spiro atoms. The Morgan fingerprint density at radius 1 is 0.958 bits per heavy atom. The molecule has 0 saturated carbocycles. The van der Waals surface area contributed by atoms with Crippen LogP contribution in [0.2, 0.25) is 0 Å². The highest BCUT2D eigenvalue weighted by molar-refractivity contribution is 7.89. The van der Waals surface area contributed by atoms with Crippen molar-refractivity contribution in [2.24, 2.45) is 5.14 Å². The quantitative estimate of drug-likeness (QED) is 0.854. The summed E-state index contributed by atoms with van der Waals surface area (Å²) in [4.78, 5) is -0.409. The molecule has 2 aromatic rings. The highest BCUT2D eigenvalue weighted by atomic mass is 32.2. The number of hydrogen-bond donors (Lipinski definition) is 1. The number of rotatable bonds is 5. The lowest BCUT2D eigenvalue weighted by Crippen LogP contribution is -2.27. The number of benzene rings is 2. The van der Waals surface area contributed by atoms with Crippen LogP contribution in [0.25, 0.3) is 0 Å². The fourth-order valence-corrected chi connectivity index (χ4v) is 3.62. The molecule has 0 unspecified atom stereocenters. The van der Waals surface area contributed by atoms with Crippen molar-refractivity contribution in [1.29, 1.82) is 0 Å². The number of nitrogens with two attached hydrogens (primary N) is 1. The van der Waals surface area contributed by atoms with Crippen molar-refractivity contribution in [3.8, 4) is 0 Å². The molecule has 0 heterocycles. The summed E-state index contributed by atoms with van der Waals surface area (Å²) < 4.78 is 74.6. The van der Waals surface area contributed by atoms with E-state index in [1.165, 1.54) is 7.05 Å². The van der Waals surface area contributed by atoms with Crippen LogP contribution >= 0.6 is 0 Å². The predicted octanol–water partition coefficient (Wildman–Crippen LogP) is 1.43. The Morgan fingerprint density at radius 2 is 1.50 bits per heavy atom. The fraction of sp³-hybridized carbons (Fsp3) is 0.143. The van der Waals surface area contributed by atoms with Gasteiger partial charge in [0.1, 0.15) is 11.6 Å². The summed E-state index contributed by atoms with van der Waals surface area (Å²) in [7, 11) is -6.70. The maximum atomic E-state index is 13.6. The number of halogens is 2. The molecule has 6 nitrogen and oxygen atoms in total. The van der Waals surface area contributed by atoms with E-state index in [-0.39, 0.29) is 21.9 Å². The number of hydrogen-bond acceptors (Lipinski definition) is 4. The third-order valence-corrected chi connectivity index (χ3v) is 6.02. The van der Waals surface area contributed by atoms with Crippen molar-refractivity contribution in [2.45, 2.75) is 16.3 Å². The van der Waals surface area contributed by atoms with Crippen LogP contribution in [0.5, 0.6) is 0 Å². The molecule has 0 aromatic heterocycles. The Hall–Kier alpha value is -1.88. The van der Waals surface area contributed by atoms with Gasteiger partial charge in [-0.3, -0.25) is 0 Å². The van der Waals surface area contributed by atoms with E-state index in [4.69, 9.17) is 5.14 Å². The molecule has 0 aliphatic carbocycles. The van der Waals surface area contributed by atoms with Gasteiger partial charge >= 0.3 is 0 Å². The lowest BCUT2D eigenvalue weighted by Gasteiger charge is -2.18. The molecule has 0 fully saturated rings. The minimum Gasteiger partial charge on any atom is -0.225 e. The first-order valence-electron chi connectivity index (χ1n) is 6.55. The van der Waals surface area contributed by atoms with E-state index < -0.39 is 31.7 Å². The lowest BCUT2D eigenvalue weighted by molar-refractivity contribution is 0.454. The molecule has 24 heavy (non-hydrogen) atoms. The zero-order valence-corrected chi connectivity index (χ0v) is 14.1. The molecule has 2 rings (SSSR count). The van der Waals surface area contributed by atoms with Crippen LogP contribution in [0.3, 0.4) is 0 Å². The van der Waals surface area contributed by atoms with Gasteiger partial charge in [-0.1, -0.05) is 6.07 Å². The Bertz CT molecular complexity index is 959. The molecule has 2 N–H and O–H groups in total. The van der Waals surface area contributed by atoms with E-state index in [0.717, 1.165) is 40.7 Å². The molecule has 0 radical (unpaired) electrons. The second kappa shape index (κ2) is 6.55. The van der Waals surface area contributed by atoms with Crippen LogP contribution in [-0.4, -0.2) is 28.2 Å². The largest absolute Gasteiger partial charge is 0.243 e. The lowest BCUT2D eigenvalue weighted by atomic mass is 10.2. The number of sulfonamides is 2. The van der Waals surface area contributed by atoms with Crippen LogP contribution in [0, 0.1) is 11.6 Å². The zero-order chi connectivity index (χ0) is 18.1. The molecule has 0 aliphatic heterocycles. The Morgan fingerprint density at radius 3 is 2.00 bits per heavy atom. The minimum absolute atomic E-state index is 0.00336. The highest BCUT2D eigenvalue weighted by Gasteiger charge is 2.22. The van der Waals surface area contributed by atoms with E-state index in [1.54, 1.807) is 0 Å². The first-order chi connectivity index (χ1) is 11.0. The summed E-state index contributed by atoms with van der Waals surface area (Å²) in [5.41, 5.74) is 0.00336. The van der Waals surface area contributed by atoms with Crippen molar-refractivity contribution in [2.75, 3.05) is 7.05 Å². The van der Waals surface area contributed by atoms with Gasteiger partial charge in [0.25, 0.3) is 0 Å². The smallest absolute Gasteiger partial charge is 0.225 e. The molecule has 0 amide bonds. The maximum absolute atomic E-state index is 13.6. The standard InChI is InChI=1S/C14H14F2N2O4S2/c1-18(9-10-2-3-11(15)8-14(10)16)24(21,22)13-6-4-12(5-7-13)23(17,19)20/h2-8H,9H2,1H3,(H2,17,19,20). The summed E-state index contributed by atoms with van der Waals surface area (Å²) >= 11 is 0. The third-order valence-electron chi connectivity index (χ3n) is 3.27. The fourth-order valence-electron chi connectivity index (χ4n) is 1.96. The monoisotopic (exact) mass is 376 g/mol. The van der Waals surface area contributed by atoms with Gasteiger partial charge in [0, 0.05) is 25.2 Å². The van der Waals surface area contributed by atoms with Gasteiger partial charge < -0.3 is 0 Å². The van der Waals surface area contributed by atoms with E-state index >= 15 is 0 Å². The summed E-state index contributed by atoms with van der Waals surface area (Å²) in [6, 6.07) is 7.15. The Balaban J connectivity index is 2.29. The summed E-state index contributed by atoms with van der Waals surface area (Å²) in [5.74, 6) is -1.62. The highest BCUT2D eigenvalue weighted by Crippen LogP contribution is 2.20. The van der Waals surface area contributed by atoms with Crippen molar-refractivity contribution < 1.29 is 25.6 Å². The van der Waals surface area contributed by atoms with Crippen molar-refractivity contribution in [3.63, 3.8) is 0 Å². The average molecular weight is 376 g/mol. The van der Waals surface area contributed by atoms with E-state index in [2.05, 4.69) is 0 Å². The molecule has 0 atom stereocenters. The van der Waals surface area contributed by atoms with E-state index in [9.17, 15) is 25.6 Å². The number of nitrogens with zero attached hydrogens (tertiary/aromatic N) is 1. The van der Waals surface area contributed by atoms with Gasteiger partial charge in [0.2, 0.25) is 20.0 Å². The molecular formula is C14H14F2N2O4S2. The van der Waals surface area contributed by atoms with Gasteiger partial charge in [-0.05, 0) is 30.3 Å². The van der Waals surface area contributed by atoms with Crippen molar-refractivity contribution in [1.82, 2.24) is 4.31 Å². The van der Waals surface area contributed by atoms with Crippen LogP contribution < -0.4 is 5.14 Å². The van der Waals surface area contributed by atoms with Crippen LogP contribution in [0.15, 0.2) is 52.3 Å². The van der Waals surface area contributed by atoms with Gasteiger partial charge in [0.15, 0.2) is 0 Å². The van der Waals surface area contributed by atoms with Gasteiger partial charge in [0.05, 0.1) is 9.79 Å². The topological polar surface area (TPSA) is 97.5 Å². The summed E-state index contributed by atoms with van der Waals surface area (Å²) in [6.07, 6.45) is 0. The molecule has 130 valence electrons. The Kier molecular flexibility index (Phi) is 5.04. The van der Waals surface area contributed by atoms with Gasteiger partial charge in [-0.15, -0.1) is 0 Å². The van der Waals surface area contributed by atoms with Gasteiger partial charge in [-0.25, -0.2) is 30.8 Å². The molecule has 10 heteroatoms. The zero-order valence-electron chi connectivity index (χ0n) is 12.5. The third kappa shape index (κ3) is 3.96. The van der Waals surface area contributed by atoms with Gasteiger partial charge in [-0.2, -0.15) is 4.31 Å². The molecule has 0 aliphatic rings. The average Bonchev–Trinajstić information content (AvgIpc) is 2.49. The first kappa shape index (κ1) is 18.5. The molecule has 0 saturated heterocycles. The maximum Gasteiger partial charge on any atom is 0.243 e. The van der Waals surface area contributed by atoms with Crippen LogP contribution in [-0.2, 0) is 26.6 Å². The first-order valence-corrected chi connectivity index (χ1v) is 9.53. The predicted molar refractivity (Wildman–Crippen MR) is 82.8 cm³/mol. The minimum atomic E-state index is -3.99. The second-order valence-electron chi connectivity index (χ2n) is 5.01.